The van der Waals surface area contributed by atoms with E-state index in [4.69, 9.17) is 5.73 Å². The Bertz CT molecular complexity index is 1180. The standard InChI is InChI=1S/C21H18FN7O/c1-28-19(30)21(27-20(28)24,17-8-18(9-23)29(12-17)6-5-22)16-4-2-3-14(7-16)15-10-25-13-26-11-15/h2-4,7-8,10-13H,5-6H2,1H3,(H2,24,27). The number of carbonyl (C=O) groups is 1. The van der Waals surface area contributed by atoms with Crippen LogP contribution in [0.1, 0.15) is 16.8 Å². The lowest BCUT2D eigenvalue weighted by Gasteiger charge is -2.25. The van der Waals surface area contributed by atoms with E-state index in [0.717, 1.165) is 11.1 Å². The third kappa shape index (κ3) is 2.90. The molecule has 1 aliphatic rings. The lowest BCUT2D eigenvalue weighted by molar-refractivity contribution is -0.129. The van der Waals surface area contributed by atoms with Gasteiger partial charge in [0.25, 0.3) is 5.91 Å². The molecule has 1 atom stereocenters. The second-order valence-electron chi connectivity index (χ2n) is 6.86. The molecule has 0 saturated carbocycles. The van der Waals surface area contributed by atoms with Crippen molar-refractivity contribution < 1.29 is 9.18 Å². The molecule has 150 valence electrons. The van der Waals surface area contributed by atoms with Gasteiger partial charge < -0.3 is 10.3 Å². The van der Waals surface area contributed by atoms with Crippen LogP contribution in [-0.2, 0) is 16.9 Å². The Morgan fingerprint density at radius 3 is 2.60 bits per heavy atom. The molecule has 0 radical (unpaired) electrons. The number of aromatic nitrogens is 3. The Kier molecular flexibility index (Phi) is 4.75. The Morgan fingerprint density at radius 1 is 1.20 bits per heavy atom. The number of nitrogens with two attached hydrogens (primary N) is 1. The van der Waals surface area contributed by atoms with Gasteiger partial charge in [0, 0.05) is 36.8 Å². The first-order valence-corrected chi connectivity index (χ1v) is 9.17. The van der Waals surface area contributed by atoms with E-state index in [-0.39, 0.29) is 24.1 Å². The van der Waals surface area contributed by atoms with E-state index in [0.29, 0.717) is 11.1 Å². The van der Waals surface area contributed by atoms with Crippen LogP contribution >= 0.6 is 0 Å². The minimum atomic E-state index is -1.47. The number of amides is 1. The fraction of sp³-hybridized carbons (Fsp3) is 0.190. The van der Waals surface area contributed by atoms with Crippen molar-refractivity contribution in [2.75, 3.05) is 13.7 Å². The molecule has 8 nitrogen and oxygen atoms in total. The number of hydrogen-bond donors (Lipinski definition) is 1. The van der Waals surface area contributed by atoms with Gasteiger partial charge in [-0.2, -0.15) is 5.26 Å². The molecule has 9 heteroatoms. The number of hydrogen-bond acceptors (Lipinski definition) is 6. The van der Waals surface area contributed by atoms with Gasteiger partial charge in [-0.1, -0.05) is 18.2 Å². The van der Waals surface area contributed by atoms with Crippen LogP contribution in [0.15, 0.2) is 60.2 Å². The van der Waals surface area contributed by atoms with Crippen LogP contribution in [0, 0.1) is 11.3 Å². The molecule has 0 fully saturated rings. The predicted octanol–water partition coefficient (Wildman–Crippen LogP) is 1.82. The maximum absolute atomic E-state index is 13.4. The molecular formula is C21H18FN7O. The summed E-state index contributed by atoms with van der Waals surface area (Å²) in [6.07, 6.45) is 6.37. The zero-order valence-corrected chi connectivity index (χ0v) is 16.2. The van der Waals surface area contributed by atoms with Crippen molar-refractivity contribution in [3.8, 4) is 17.2 Å². The molecular weight excluding hydrogens is 385 g/mol. The van der Waals surface area contributed by atoms with E-state index in [1.54, 1.807) is 43.8 Å². The Hall–Kier alpha value is -4.06. The van der Waals surface area contributed by atoms with E-state index in [9.17, 15) is 14.4 Å². The van der Waals surface area contributed by atoms with Crippen LogP contribution in [0.5, 0.6) is 0 Å². The van der Waals surface area contributed by atoms with Gasteiger partial charge in [0.15, 0.2) is 11.5 Å². The molecule has 3 aromatic rings. The maximum Gasteiger partial charge on any atom is 0.266 e. The number of aliphatic imine (C=N–C) groups is 1. The number of carbonyl (C=O) groups excluding carboxylic acids is 1. The topological polar surface area (TPSA) is 113 Å². The van der Waals surface area contributed by atoms with E-state index in [1.165, 1.54) is 15.8 Å². The van der Waals surface area contributed by atoms with Crippen molar-refractivity contribution in [2.45, 2.75) is 12.1 Å². The van der Waals surface area contributed by atoms with Gasteiger partial charge in [0.05, 0.1) is 6.54 Å². The van der Waals surface area contributed by atoms with Crippen LogP contribution in [0.4, 0.5) is 4.39 Å². The summed E-state index contributed by atoms with van der Waals surface area (Å²) in [5, 5.41) is 9.46. The number of nitrogens with zero attached hydrogens (tertiary/aromatic N) is 6. The van der Waals surface area contributed by atoms with Crippen molar-refractivity contribution in [1.29, 1.82) is 5.26 Å². The molecule has 1 unspecified atom stereocenters. The zero-order chi connectivity index (χ0) is 21.3. The van der Waals surface area contributed by atoms with Crippen LogP contribution in [0.2, 0.25) is 0 Å². The second kappa shape index (κ2) is 7.40. The normalized spacial score (nSPS) is 18.4. The number of benzene rings is 1. The van der Waals surface area contributed by atoms with Gasteiger partial charge in [-0.15, -0.1) is 0 Å². The molecule has 3 heterocycles. The molecule has 0 saturated heterocycles. The Balaban J connectivity index is 1.94. The molecule has 1 aliphatic heterocycles. The Labute approximate surface area is 172 Å². The van der Waals surface area contributed by atoms with E-state index in [2.05, 4.69) is 15.0 Å². The van der Waals surface area contributed by atoms with Gasteiger partial charge in [0.1, 0.15) is 24.8 Å². The monoisotopic (exact) mass is 403 g/mol. The molecule has 2 aromatic heterocycles. The third-order valence-electron chi connectivity index (χ3n) is 5.17. The minimum Gasteiger partial charge on any atom is -0.369 e. The van der Waals surface area contributed by atoms with Crippen molar-refractivity contribution in [3.63, 3.8) is 0 Å². The van der Waals surface area contributed by atoms with Crippen molar-refractivity contribution >= 4 is 11.9 Å². The van der Waals surface area contributed by atoms with E-state index in [1.807, 2.05) is 18.2 Å². The largest absolute Gasteiger partial charge is 0.369 e. The average Bonchev–Trinajstić information content (AvgIpc) is 3.29. The smallest absolute Gasteiger partial charge is 0.266 e. The summed E-state index contributed by atoms with van der Waals surface area (Å²) in [5.41, 5.74) is 7.37. The van der Waals surface area contributed by atoms with Gasteiger partial charge in [-0.25, -0.2) is 19.4 Å². The zero-order valence-electron chi connectivity index (χ0n) is 16.2. The highest BCUT2D eigenvalue weighted by Gasteiger charge is 2.50. The molecule has 0 aliphatic carbocycles. The van der Waals surface area contributed by atoms with Crippen LogP contribution in [0.25, 0.3) is 11.1 Å². The number of aryl methyl sites for hydroxylation is 1. The highest BCUT2D eigenvalue weighted by Crippen LogP contribution is 2.41. The molecule has 0 bridgehead atoms. The SMILES string of the molecule is CN1C(=O)C(c2cccc(-c3cncnc3)c2)(c2cc(C#N)n(CCF)c2)N=C1N. The molecule has 1 aromatic carbocycles. The van der Waals surface area contributed by atoms with Crippen molar-refractivity contribution in [3.05, 3.63) is 72.1 Å². The first kappa shape index (κ1) is 19.3. The first-order valence-electron chi connectivity index (χ1n) is 9.17. The highest BCUT2D eigenvalue weighted by molar-refractivity contribution is 6.09. The van der Waals surface area contributed by atoms with E-state index >= 15 is 0 Å². The van der Waals surface area contributed by atoms with E-state index < -0.39 is 12.2 Å². The second-order valence-corrected chi connectivity index (χ2v) is 6.86. The fourth-order valence-electron chi connectivity index (χ4n) is 3.63. The minimum absolute atomic E-state index is 0.00356. The van der Waals surface area contributed by atoms with Crippen LogP contribution in [0.3, 0.4) is 0 Å². The number of alkyl halides is 1. The number of halogens is 1. The highest BCUT2D eigenvalue weighted by atomic mass is 19.1. The number of guanidine groups is 1. The third-order valence-corrected chi connectivity index (χ3v) is 5.17. The molecule has 0 spiro atoms. The van der Waals surface area contributed by atoms with Gasteiger partial charge in [0.2, 0.25) is 0 Å². The predicted molar refractivity (Wildman–Crippen MR) is 108 cm³/mol. The first-order chi connectivity index (χ1) is 14.5. The van der Waals surface area contributed by atoms with Crippen molar-refractivity contribution in [1.82, 2.24) is 19.4 Å². The number of rotatable bonds is 5. The fourth-order valence-corrected chi connectivity index (χ4v) is 3.63. The molecule has 1 amide bonds. The summed E-state index contributed by atoms with van der Waals surface area (Å²) in [4.78, 5) is 27.3. The lowest BCUT2D eigenvalue weighted by atomic mass is 9.83. The number of nitriles is 1. The molecule has 4 rings (SSSR count). The maximum atomic E-state index is 13.4. The lowest BCUT2D eigenvalue weighted by Crippen LogP contribution is -2.41. The summed E-state index contributed by atoms with van der Waals surface area (Å²) >= 11 is 0. The quantitative estimate of drug-likeness (QED) is 0.698. The van der Waals surface area contributed by atoms with Crippen LogP contribution in [-0.4, -0.2) is 45.0 Å². The summed E-state index contributed by atoms with van der Waals surface area (Å²) in [6, 6.07) is 10.9. The van der Waals surface area contributed by atoms with Gasteiger partial charge >= 0.3 is 0 Å². The summed E-state index contributed by atoms with van der Waals surface area (Å²) in [7, 11) is 1.54. The Morgan fingerprint density at radius 2 is 1.97 bits per heavy atom. The van der Waals surface area contributed by atoms with Gasteiger partial charge in [-0.05, 0) is 23.3 Å². The molecule has 2 N–H and O–H groups in total. The molecule has 30 heavy (non-hydrogen) atoms. The summed E-state index contributed by atoms with van der Waals surface area (Å²) < 4.78 is 14.5. The average molecular weight is 403 g/mol. The summed E-state index contributed by atoms with van der Waals surface area (Å²) in [5.74, 6) is -0.298. The van der Waals surface area contributed by atoms with Gasteiger partial charge in [-0.3, -0.25) is 9.69 Å². The number of likely N-dealkylation sites (N-methyl/N-ethyl adjacent to an activating group) is 1. The summed E-state index contributed by atoms with van der Waals surface area (Å²) in [6.45, 7) is -0.637. The van der Waals surface area contributed by atoms with Crippen LogP contribution < -0.4 is 5.73 Å². The van der Waals surface area contributed by atoms with Crippen molar-refractivity contribution in [2.24, 2.45) is 10.7 Å².